The molecule has 1 saturated heterocycles. The van der Waals surface area contributed by atoms with E-state index in [1.165, 1.54) is 22.8 Å². The molecule has 1 atom stereocenters. The third kappa shape index (κ3) is 5.48. The molecule has 6 heteroatoms. The second-order valence-electron chi connectivity index (χ2n) is 7.74. The van der Waals surface area contributed by atoms with Crippen molar-refractivity contribution >= 4 is 22.6 Å². The Morgan fingerprint density at radius 2 is 1.89 bits per heavy atom. The number of unbranched alkanes of at least 4 members (excludes halogenated alkanes) is 2. The van der Waals surface area contributed by atoms with Crippen molar-refractivity contribution in [1.82, 2.24) is 14.2 Å². The van der Waals surface area contributed by atoms with E-state index >= 15 is 0 Å². The summed E-state index contributed by atoms with van der Waals surface area (Å²) in [5, 5.41) is 1.04. The number of nitrogens with zero attached hydrogens (tertiary/aromatic N) is 4. The molecular formula is C22H36N4OS. The number of hydrogen-bond acceptors (Lipinski definition) is 4. The molecular weight excluding hydrogens is 368 g/mol. The van der Waals surface area contributed by atoms with Gasteiger partial charge in [-0.1, -0.05) is 40.0 Å². The number of carbonyl (C=O) groups excluding carboxylic acids is 1. The van der Waals surface area contributed by atoms with E-state index in [4.69, 9.17) is 10.8 Å². The number of terminal acetylenes is 1. The van der Waals surface area contributed by atoms with E-state index in [9.17, 15) is 4.79 Å². The fourth-order valence-corrected chi connectivity index (χ4v) is 4.57. The van der Waals surface area contributed by atoms with Crippen LogP contribution in [0.4, 0.5) is 9.80 Å². The van der Waals surface area contributed by atoms with Crippen molar-refractivity contribution in [1.29, 1.82) is 0 Å². The van der Waals surface area contributed by atoms with Crippen molar-refractivity contribution in [2.24, 2.45) is 0 Å². The minimum absolute atomic E-state index is 0.0338. The molecule has 0 bridgehead atoms. The highest BCUT2D eigenvalue weighted by atomic mass is 32.1. The van der Waals surface area contributed by atoms with E-state index in [0.717, 1.165) is 56.5 Å². The van der Waals surface area contributed by atoms with Crippen LogP contribution in [0.25, 0.3) is 0 Å². The standard InChI is InChI=1S/C22H36N4OS/c1-6-10-14-20-19(13-9-4)21(28-23-20)26-17-24(15-11-7-2)16-25(22(26)27)18(5)12-8-3/h3,18H,6-7,9-17H2,1-2,4-5H3. The molecule has 0 saturated carbocycles. The normalized spacial score (nSPS) is 16.5. The summed E-state index contributed by atoms with van der Waals surface area (Å²) >= 11 is 1.49. The van der Waals surface area contributed by atoms with Gasteiger partial charge in [-0.2, -0.15) is 4.37 Å². The van der Waals surface area contributed by atoms with Gasteiger partial charge >= 0.3 is 6.03 Å². The van der Waals surface area contributed by atoms with Crippen LogP contribution in [0.15, 0.2) is 0 Å². The number of hydrogen-bond donors (Lipinski definition) is 0. The van der Waals surface area contributed by atoms with Gasteiger partial charge in [0.2, 0.25) is 0 Å². The summed E-state index contributed by atoms with van der Waals surface area (Å²) in [6.07, 6.45) is 13.7. The molecule has 0 radical (unpaired) electrons. The second-order valence-corrected chi connectivity index (χ2v) is 8.49. The highest BCUT2D eigenvalue weighted by Gasteiger charge is 2.35. The number of urea groups is 1. The molecule has 0 spiro atoms. The molecule has 1 aliphatic heterocycles. The minimum Gasteiger partial charge on any atom is -0.308 e. The molecule has 1 aliphatic rings. The fraction of sp³-hybridized carbons (Fsp3) is 0.727. The van der Waals surface area contributed by atoms with Crippen LogP contribution in [0, 0.1) is 12.3 Å². The first-order chi connectivity index (χ1) is 13.6. The summed E-state index contributed by atoms with van der Waals surface area (Å²) in [6.45, 7) is 10.9. The van der Waals surface area contributed by atoms with Gasteiger partial charge < -0.3 is 4.90 Å². The Labute approximate surface area is 175 Å². The topological polar surface area (TPSA) is 39.7 Å². The third-order valence-electron chi connectivity index (χ3n) is 5.30. The van der Waals surface area contributed by atoms with E-state index in [2.05, 4.69) is 31.6 Å². The summed E-state index contributed by atoms with van der Waals surface area (Å²) in [7, 11) is 0. The third-order valence-corrected chi connectivity index (χ3v) is 6.26. The maximum atomic E-state index is 13.4. The van der Waals surface area contributed by atoms with E-state index in [1.807, 2.05) is 16.7 Å². The fourth-order valence-electron chi connectivity index (χ4n) is 3.61. The number of aryl methyl sites for hydroxylation is 1. The van der Waals surface area contributed by atoms with Gasteiger partial charge in [0.15, 0.2) is 0 Å². The van der Waals surface area contributed by atoms with Gasteiger partial charge in [0.25, 0.3) is 0 Å². The van der Waals surface area contributed by atoms with Crippen LogP contribution in [0.1, 0.15) is 77.5 Å². The van der Waals surface area contributed by atoms with E-state index in [-0.39, 0.29) is 12.1 Å². The molecule has 0 N–H and O–H groups in total. The largest absolute Gasteiger partial charge is 0.327 e. The van der Waals surface area contributed by atoms with E-state index < -0.39 is 0 Å². The van der Waals surface area contributed by atoms with Gasteiger partial charge in [-0.05, 0) is 44.1 Å². The molecule has 2 heterocycles. The van der Waals surface area contributed by atoms with Gasteiger partial charge in [-0.25, -0.2) is 4.79 Å². The highest BCUT2D eigenvalue weighted by molar-refractivity contribution is 7.10. The second kappa shape index (κ2) is 11.4. The molecule has 0 aromatic carbocycles. The van der Waals surface area contributed by atoms with Gasteiger partial charge in [0.1, 0.15) is 5.00 Å². The smallest absolute Gasteiger partial charge is 0.308 e. The molecule has 2 rings (SSSR count). The van der Waals surface area contributed by atoms with Crippen molar-refractivity contribution in [3.05, 3.63) is 11.3 Å². The Morgan fingerprint density at radius 1 is 1.14 bits per heavy atom. The molecule has 5 nitrogen and oxygen atoms in total. The zero-order chi connectivity index (χ0) is 20.5. The van der Waals surface area contributed by atoms with E-state index in [1.54, 1.807) is 0 Å². The molecule has 1 fully saturated rings. The molecule has 1 aromatic rings. The number of anilines is 1. The Morgan fingerprint density at radius 3 is 2.54 bits per heavy atom. The maximum absolute atomic E-state index is 13.4. The van der Waals surface area contributed by atoms with E-state index in [0.29, 0.717) is 19.8 Å². The Balaban J connectivity index is 2.33. The minimum atomic E-state index is 0.0338. The monoisotopic (exact) mass is 404 g/mol. The van der Waals surface area contributed by atoms with Crippen LogP contribution in [-0.2, 0) is 12.8 Å². The van der Waals surface area contributed by atoms with Gasteiger partial charge in [0.05, 0.1) is 19.0 Å². The van der Waals surface area contributed by atoms with Crippen molar-refractivity contribution in [2.45, 2.75) is 85.1 Å². The first-order valence-corrected chi connectivity index (χ1v) is 11.6. The Bertz CT molecular complexity index is 666. The van der Waals surface area contributed by atoms with Crippen LogP contribution >= 0.6 is 11.5 Å². The van der Waals surface area contributed by atoms with Crippen LogP contribution in [0.5, 0.6) is 0 Å². The number of carbonyl (C=O) groups is 1. The first kappa shape index (κ1) is 22.7. The van der Waals surface area contributed by atoms with Crippen LogP contribution in [0.3, 0.4) is 0 Å². The maximum Gasteiger partial charge on any atom is 0.327 e. The number of rotatable bonds is 11. The van der Waals surface area contributed by atoms with Crippen molar-refractivity contribution in [2.75, 3.05) is 24.8 Å². The summed E-state index contributed by atoms with van der Waals surface area (Å²) in [4.78, 5) is 19.6. The summed E-state index contributed by atoms with van der Waals surface area (Å²) in [6, 6.07) is 0.102. The van der Waals surface area contributed by atoms with Gasteiger partial charge in [-0.3, -0.25) is 9.80 Å². The molecule has 0 aliphatic carbocycles. The summed E-state index contributed by atoms with van der Waals surface area (Å²) < 4.78 is 4.75. The van der Waals surface area contributed by atoms with Crippen LogP contribution in [0.2, 0.25) is 0 Å². The molecule has 1 aromatic heterocycles. The number of amides is 2. The molecule has 28 heavy (non-hydrogen) atoms. The van der Waals surface area contributed by atoms with Crippen LogP contribution in [-0.4, -0.2) is 46.1 Å². The lowest BCUT2D eigenvalue weighted by atomic mass is 10.1. The average molecular weight is 405 g/mol. The molecule has 1 unspecified atom stereocenters. The summed E-state index contributed by atoms with van der Waals surface area (Å²) in [5.41, 5.74) is 2.46. The first-order valence-electron chi connectivity index (χ1n) is 10.8. The van der Waals surface area contributed by atoms with Crippen molar-refractivity contribution in [3.63, 3.8) is 0 Å². The predicted octanol–water partition coefficient (Wildman–Crippen LogP) is 5.11. The predicted molar refractivity (Wildman–Crippen MR) is 119 cm³/mol. The average Bonchev–Trinajstić information content (AvgIpc) is 3.08. The zero-order valence-corrected chi connectivity index (χ0v) is 18.9. The lowest BCUT2D eigenvalue weighted by Crippen LogP contribution is -2.60. The van der Waals surface area contributed by atoms with Gasteiger partial charge in [0, 0.05) is 24.6 Å². The highest BCUT2D eigenvalue weighted by Crippen LogP contribution is 2.34. The Kier molecular flexibility index (Phi) is 9.27. The van der Waals surface area contributed by atoms with Gasteiger partial charge in [-0.15, -0.1) is 12.3 Å². The van der Waals surface area contributed by atoms with Crippen molar-refractivity contribution in [3.8, 4) is 12.3 Å². The summed E-state index contributed by atoms with van der Waals surface area (Å²) in [5.74, 6) is 2.72. The molecule has 2 amide bonds. The van der Waals surface area contributed by atoms with Crippen LogP contribution < -0.4 is 4.90 Å². The Hall–Kier alpha value is -1.58. The lowest BCUT2D eigenvalue weighted by molar-refractivity contribution is 0.0937. The quantitative estimate of drug-likeness (QED) is 0.481. The zero-order valence-electron chi connectivity index (χ0n) is 18.0. The van der Waals surface area contributed by atoms with Crippen molar-refractivity contribution < 1.29 is 4.79 Å². The SMILES string of the molecule is C#CCC(C)N1CN(CCCC)CN(c2snc(CCCC)c2CCC)C1=O. The molecule has 156 valence electrons. The number of aromatic nitrogens is 1. The lowest BCUT2D eigenvalue weighted by Gasteiger charge is -2.44.